The fourth-order valence-corrected chi connectivity index (χ4v) is 5.23. The van der Waals surface area contributed by atoms with Gasteiger partial charge in [0.1, 0.15) is 11.5 Å². The van der Waals surface area contributed by atoms with E-state index < -0.39 is 0 Å². The number of methoxy groups -OCH3 is 2. The highest BCUT2D eigenvalue weighted by Crippen LogP contribution is 2.39. The number of aromatic nitrogens is 1. The van der Waals surface area contributed by atoms with E-state index in [1.165, 1.54) is 25.6 Å². The van der Waals surface area contributed by atoms with Crippen LogP contribution >= 0.6 is 11.3 Å². The lowest BCUT2D eigenvalue weighted by Crippen LogP contribution is -2.20. The Balaban J connectivity index is 1.33. The first-order valence-corrected chi connectivity index (χ1v) is 11.7. The van der Waals surface area contributed by atoms with Crippen LogP contribution in [-0.2, 0) is 11.2 Å². The molecule has 0 bridgehead atoms. The highest BCUT2D eigenvalue weighted by atomic mass is 32.1. The molecule has 0 fully saturated rings. The fraction of sp³-hybridized carbons (Fsp3) is 0.192. The molecule has 2 amide bonds. The molecule has 5 rings (SSSR count). The third kappa shape index (κ3) is 4.20. The lowest BCUT2D eigenvalue weighted by molar-refractivity contribution is -0.117. The molecule has 4 aromatic rings. The summed E-state index contributed by atoms with van der Waals surface area (Å²) in [7, 11) is 3.07. The van der Waals surface area contributed by atoms with Crippen molar-refractivity contribution in [2.24, 2.45) is 0 Å². The van der Waals surface area contributed by atoms with Crippen LogP contribution in [0, 0.1) is 0 Å². The monoisotopic (exact) mass is 473 g/mol. The Morgan fingerprint density at radius 1 is 0.971 bits per heavy atom. The molecule has 34 heavy (non-hydrogen) atoms. The Hall–Kier alpha value is -3.91. The van der Waals surface area contributed by atoms with E-state index in [4.69, 9.17) is 9.47 Å². The quantitative estimate of drug-likeness (QED) is 0.400. The van der Waals surface area contributed by atoms with Gasteiger partial charge in [0.05, 0.1) is 25.8 Å². The lowest BCUT2D eigenvalue weighted by atomic mass is 10.1. The van der Waals surface area contributed by atoms with Gasteiger partial charge in [0.15, 0.2) is 5.13 Å². The molecular weight excluding hydrogens is 450 g/mol. The second-order valence-corrected chi connectivity index (χ2v) is 9.07. The molecule has 1 unspecified atom stereocenters. The number of amides is 2. The van der Waals surface area contributed by atoms with Crippen LogP contribution in [0.5, 0.6) is 11.5 Å². The van der Waals surface area contributed by atoms with Crippen molar-refractivity contribution < 1.29 is 19.1 Å². The van der Waals surface area contributed by atoms with Gasteiger partial charge in [0.2, 0.25) is 5.91 Å². The second kappa shape index (κ2) is 9.15. The Bertz CT molecular complexity index is 1370. The van der Waals surface area contributed by atoms with Gasteiger partial charge in [-0.3, -0.25) is 14.9 Å². The first kappa shape index (κ1) is 21.9. The number of nitrogens with zero attached hydrogens (tertiary/aromatic N) is 1. The lowest BCUT2D eigenvalue weighted by Gasteiger charge is -2.13. The number of carbonyl (C=O) groups excluding carboxylic acids is 2. The summed E-state index contributed by atoms with van der Waals surface area (Å²) in [6.07, 6.45) is 1.45. The van der Waals surface area contributed by atoms with Crippen LogP contribution < -0.4 is 20.1 Å². The molecule has 1 aromatic heterocycles. The molecule has 1 aliphatic carbocycles. The minimum Gasteiger partial charge on any atom is -0.497 e. The Morgan fingerprint density at radius 3 is 2.47 bits per heavy atom. The summed E-state index contributed by atoms with van der Waals surface area (Å²) in [4.78, 5) is 31.6. The summed E-state index contributed by atoms with van der Waals surface area (Å²) in [5.41, 5.74) is 1.92. The van der Waals surface area contributed by atoms with Crippen molar-refractivity contribution in [3.05, 3.63) is 76.8 Å². The van der Waals surface area contributed by atoms with Crippen LogP contribution in [0.3, 0.4) is 0 Å². The molecule has 0 radical (unpaired) electrons. The molecule has 1 aliphatic rings. The first-order chi connectivity index (χ1) is 16.6. The van der Waals surface area contributed by atoms with Crippen LogP contribution in [-0.4, -0.2) is 31.0 Å². The van der Waals surface area contributed by atoms with E-state index in [2.05, 4.69) is 15.6 Å². The SMILES string of the molecule is COc1cc(OC)cc(C(=O)Nc2nc3c(s2)CCC3C(=O)Nc2cccc3ccccc23)c1. The van der Waals surface area contributed by atoms with Gasteiger partial charge in [-0.15, -0.1) is 11.3 Å². The zero-order valence-electron chi connectivity index (χ0n) is 18.8. The standard InChI is InChI=1S/C26H23N3O4S/c1-32-17-12-16(13-18(14-17)33-2)24(30)29-26-28-23-20(10-11-22(23)34-26)25(31)27-21-9-5-7-15-6-3-4-8-19(15)21/h3-9,12-14,20H,10-11H2,1-2H3,(H,27,31)(H,28,29,30). The molecule has 2 N–H and O–H groups in total. The topological polar surface area (TPSA) is 89.6 Å². The van der Waals surface area contributed by atoms with Gasteiger partial charge >= 0.3 is 0 Å². The van der Waals surface area contributed by atoms with E-state index in [0.717, 1.165) is 33.5 Å². The summed E-state index contributed by atoms with van der Waals surface area (Å²) in [5, 5.41) is 8.47. The smallest absolute Gasteiger partial charge is 0.257 e. The van der Waals surface area contributed by atoms with Crippen LogP contribution in [0.15, 0.2) is 60.7 Å². The summed E-state index contributed by atoms with van der Waals surface area (Å²) in [5.74, 6) is 0.289. The number of fused-ring (bicyclic) bond motifs is 2. The highest BCUT2D eigenvalue weighted by Gasteiger charge is 2.33. The molecule has 8 heteroatoms. The van der Waals surface area contributed by atoms with Crippen molar-refractivity contribution >= 4 is 44.7 Å². The maximum atomic E-state index is 13.2. The third-order valence-corrected chi connectivity index (χ3v) is 6.96. The number of carbonyl (C=O) groups is 2. The maximum absolute atomic E-state index is 13.2. The number of thiazole rings is 1. The summed E-state index contributed by atoms with van der Waals surface area (Å²) in [6.45, 7) is 0. The summed E-state index contributed by atoms with van der Waals surface area (Å²) in [6, 6.07) is 18.8. The molecule has 0 saturated heterocycles. The largest absolute Gasteiger partial charge is 0.497 e. The number of anilines is 2. The minimum atomic E-state index is -0.354. The molecular formula is C26H23N3O4S. The van der Waals surface area contributed by atoms with Gasteiger partial charge in [-0.05, 0) is 36.4 Å². The highest BCUT2D eigenvalue weighted by molar-refractivity contribution is 7.16. The predicted molar refractivity (Wildman–Crippen MR) is 133 cm³/mol. The van der Waals surface area contributed by atoms with Gasteiger partial charge < -0.3 is 14.8 Å². The maximum Gasteiger partial charge on any atom is 0.257 e. The van der Waals surface area contributed by atoms with Gasteiger partial charge in [-0.25, -0.2) is 4.98 Å². The van der Waals surface area contributed by atoms with Crippen molar-refractivity contribution in [1.29, 1.82) is 0 Å². The first-order valence-electron chi connectivity index (χ1n) is 10.9. The van der Waals surface area contributed by atoms with Crippen molar-refractivity contribution in [2.75, 3.05) is 24.9 Å². The number of nitrogens with one attached hydrogen (secondary N) is 2. The molecule has 172 valence electrons. The van der Waals surface area contributed by atoms with Crippen molar-refractivity contribution in [3.63, 3.8) is 0 Å². The average Bonchev–Trinajstić information content (AvgIpc) is 3.44. The van der Waals surface area contributed by atoms with Crippen molar-refractivity contribution in [3.8, 4) is 11.5 Å². The van der Waals surface area contributed by atoms with Gasteiger partial charge in [-0.1, -0.05) is 36.4 Å². The Kier molecular flexibility index (Phi) is 5.90. The van der Waals surface area contributed by atoms with Crippen LogP contribution in [0.25, 0.3) is 10.8 Å². The molecule has 0 spiro atoms. The van der Waals surface area contributed by atoms with E-state index in [9.17, 15) is 9.59 Å². The van der Waals surface area contributed by atoms with E-state index in [1.807, 2.05) is 42.5 Å². The zero-order valence-corrected chi connectivity index (χ0v) is 19.6. The molecule has 1 atom stereocenters. The second-order valence-electron chi connectivity index (χ2n) is 7.99. The number of benzene rings is 3. The number of hydrogen-bond acceptors (Lipinski definition) is 6. The van der Waals surface area contributed by atoms with E-state index in [1.54, 1.807) is 18.2 Å². The van der Waals surface area contributed by atoms with E-state index in [-0.39, 0.29) is 17.7 Å². The molecule has 3 aromatic carbocycles. The zero-order chi connectivity index (χ0) is 23.7. The molecule has 0 saturated carbocycles. The number of rotatable bonds is 6. The van der Waals surface area contributed by atoms with Gasteiger partial charge in [0.25, 0.3) is 5.91 Å². The van der Waals surface area contributed by atoms with E-state index >= 15 is 0 Å². The van der Waals surface area contributed by atoms with Gasteiger partial charge in [0, 0.05) is 27.6 Å². The minimum absolute atomic E-state index is 0.0872. The fourth-order valence-electron chi connectivity index (χ4n) is 4.20. The molecule has 7 nitrogen and oxygen atoms in total. The normalized spacial score (nSPS) is 14.5. The molecule has 1 heterocycles. The van der Waals surface area contributed by atoms with E-state index in [0.29, 0.717) is 28.6 Å². The predicted octanol–water partition coefficient (Wildman–Crippen LogP) is 5.23. The number of ether oxygens (including phenoxy) is 2. The number of aryl methyl sites for hydroxylation is 1. The van der Waals surface area contributed by atoms with Crippen LogP contribution in [0.1, 0.15) is 33.3 Å². The number of hydrogen-bond donors (Lipinski definition) is 2. The Labute approximate surface area is 200 Å². The van der Waals surface area contributed by atoms with Crippen molar-refractivity contribution in [1.82, 2.24) is 4.98 Å². The Morgan fingerprint density at radius 2 is 1.71 bits per heavy atom. The summed E-state index contributed by atoms with van der Waals surface area (Å²) < 4.78 is 10.5. The van der Waals surface area contributed by atoms with Crippen LogP contribution in [0.4, 0.5) is 10.8 Å². The van der Waals surface area contributed by atoms with Crippen LogP contribution in [0.2, 0.25) is 0 Å². The average molecular weight is 474 g/mol. The third-order valence-electron chi connectivity index (χ3n) is 5.92. The van der Waals surface area contributed by atoms with Crippen molar-refractivity contribution in [2.45, 2.75) is 18.8 Å². The van der Waals surface area contributed by atoms with Gasteiger partial charge in [-0.2, -0.15) is 0 Å². The molecule has 0 aliphatic heterocycles. The summed E-state index contributed by atoms with van der Waals surface area (Å²) >= 11 is 1.41.